The molecule has 0 saturated heterocycles. The maximum atomic E-state index is 11.6. The Balaban J connectivity index is 3.42. The van der Waals surface area contributed by atoms with Gasteiger partial charge in [-0.05, 0) is 12.3 Å². The van der Waals surface area contributed by atoms with Crippen molar-refractivity contribution in [3.8, 4) is 0 Å². The van der Waals surface area contributed by atoms with Crippen molar-refractivity contribution < 1.29 is 17.9 Å². The van der Waals surface area contributed by atoms with Crippen molar-refractivity contribution >= 4 is 0 Å². The SMILES string of the molecule is CC(C)CC(N)COCC(F)(F)F. The first-order valence-corrected chi connectivity index (χ1v) is 4.21. The van der Waals surface area contributed by atoms with E-state index < -0.39 is 12.8 Å². The van der Waals surface area contributed by atoms with Crippen LogP contribution in [-0.2, 0) is 4.74 Å². The molecule has 0 aliphatic carbocycles. The van der Waals surface area contributed by atoms with E-state index in [1.165, 1.54) is 0 Å². The van der Waals surface area contributed by atoms with Crippen molar-refractivity contribution in [3.05, 3.63) is 0 Å². The molecule has 2 nitrogen and oxygen atoms in total. The van der Waals surface area contributed by atoms with E-state index in [1.807, 2.05) is 13.8 Å². The van der Waals surface area contributed by atoms with Gasteiger partial charge in [-0.15, -0.1) is 0 Å². The quantitative estimate of drug-likeness (QED) is 0.734. The van der Waals surface area contributed by atoms with Crippen LogP contribution in [0.5, 0.6) is 0 Å². The van der Waals surface area contributed by atoms with Crippen LogP contribution < -0.4 is 5.73 Å². The van der Waals surface area contributed by atoms with Crippen LogP contribution in [0.3, 0.4) is 0 Å². The van der Waals surface area contributed by atoms with Gasteiger partial charge in [-0.1, -0.05) is 13.8 Å². The summed E-state index contributed by atoms with van der Waals surface area (Å²) in [5.74, 6) is 0.379. The fourth-order valence-corrected chi connectivity index (χ4v) is 1.000. The first-order valence-electron chi connectivity index (χ1n) is 4.21. The molecule has 80 valence electrons. The van der Waals surface area contributed by atoms with E-state index in [9.17, 15) is 13.2 Å². The zero-order valence-corrected chi connectivity index (χ0v) is 7.90. The van der Waals surface area contributed by atoms with Crippen LogP contribution in [0, 0.1) is 5.92 Å². The molecule has 2 N–H and O–H groups in total. The predicted octanol–water partition coefficient (Wildman–Crippen LogP) is 1.94. The number of halogens is 3. The molecule has 0 saturated carbocycles. The molecule has 1 atom stereocenters. The lowest BCUT2D eigenvalue weighted by molar-refractivity contribution is -0.174. The van der Waals surface area contributed by atoms with Crippen molar-refractivity contribution in [1.82, 2.24) is 0 Å². The maximum Gasteiger partial charge on any atom is 0.411 e. The molecular weight excluding hydrogens is 183 g/mol. The fourth-order valence-electron chi connectivity index (χ4n) is 1.000. The van der Waals surface area contributed by atoms with E-state index in [-0.39, 0.29) is 12.6 Å². The fraction of sp³-hybridized carbons (Fsp3) is 1.00. The van der Waals surface area contributed by atoms with Gasteiger partial charge in [0.15, 0.2) is 0 Å². The summed E-state index contributed by atoms with van der Waals surface area (Å²) < 4.78 is 39.2. The highest BCUT2D eigenvalue weighted by Crippen LogP contribution is 2.14. The molecule has 0 fully saturated rings. The summed E-state index contributed by atoms with van der Waals surface area (Å²) in [5, 5.41) is 0. The lowest BCUT2D eigenvalue weighted by atomic mass is 10.1. The molecule has 0 aromatic heterocycles. The smallest absolute Gasteiger partial charge is 0.370 e. The van der Waals surface area contributed by atoms with E-state index in [2.05, 4.69) is 4.74 Å². The Labute approximate surface area is 76.2 Å². The molecule has 0 aliphatic rings. The molecule has 0 aromatic rings. The van der Waals surface area contributed by atoms with Gasteiger partial charge in [-0.2, -0.15) is 13.2 Å². The number of rotatable bonds is 5. The minimum Gasteiger partial charge on any atom is -0.370 e. The van der Waals surface area contributed by atoms with Gasteiger partial charge in [0.25, 0.3) is 0 Å². The summed E-state index contributed by atoms with van der Waals surface area (Å²) in [6.07, 6.45) is -3.57. The molecule has 1 unspecified atom stereocenters. The third kappa shape index (κ3) is 9.63. The van der Waals surface area contributed by atoms with Crippen molar-refractivity contribution in [2.24, 2.45) is 11.7 Å². The van der Waals surface area contributed by atoms with Gasteiger partial charge in [0.2, 0.25) is 0 Å². The van der Waals surface area contributed by atoms with Gasteiger partial charge >= 0.3 is 6.18 Å². The minimum atomic E-state index is -4.25. The minimum absolute atomic E-state index is 0.0301. The molecule has 0 bridgehead atoms. The van der Waals surface area contributed by atoms with E-state index in [4.69, 9.17) is 5.73 Å². The Morgan fingerprint density at radius 2 is 1.85 bits per heavy atom. The first-order chi connectivity index (χ1) is 5.81. The van der Waals surface area contributed by atoms with Gasteiger partial charge in [0.05, 0.1) is 6.61 Å². The van der Waals surface area contributed by atoms with Crippen LogP contribution in [0.25, 0.3) is 0 Å². The van der Waals surface area contributed by atoms with Crippen LogP contribution in [0.1, 0.15) is 20.3 Å². The molecule has 0 aliphatic heterocycles. The van der Waals surface area contributed by atoms with Crippen LogP contribution in [0.4, 0.5) is 13.2 Å². The van der Waals surface area contributed by atoms with Gasteiger partial charge in [0.1, 0.15) is 6.61 Å². The Bertz CT molecular complexity index is 136. The van der Waals surface area contributed by atoms with Crippen molar-refractivity contribution in [1.29, 1.82) is 0 Å². The third-order valence-electron chi connectivity index (χ3n) is 1.37. The van der Waals surface area contributed by atoms with Gasteiger partial charge in [-0.25, -0.2) is 0 Å². The predicted molar refractivity (Wildman–Crippen MR) is 44.3 cm³/mol. The van der Waals surface area contributed by atoms with Crippen molar-refractivity contribution in [3.63, 3.8) is 0 Å². The lowest BCUT2D eigenvalue weighted by Gasteiger charge is -2.14. The molecule has 0 radical (unpaired) electrons. The Hall–Kier alpha value is -0.290. The number of nitrogens with two attached hydrogens (primary N) is 1. The highest BCUT2D eigenvalue weighted by molar-refractivity contribution is 4.62. The normalized spacial score (nSPS) is 15.0. The average Bonchev–Trinajstić information content (AvgIpc) is 1.81. The molecule has 0 aromatic carbocycles. The van der Waals surface area contributed by atoms with Gasteiger partial charge < -0.3 is 10.5 Å². The first kappa shape index (κ1) is 12.7. The summed E-state index contributed by atoms with van der Waals surface area (Å²) >= 11 is 0. The van der Waals surface area contributed by atoms with E-state index in [0.29, 0.717) is 12.3 Å². The molecule has 0 heterocycles. The largest absolute Gasteiger partial charge is 0.411 e. The van der Waals surface area contributed by atoms with Crippen LogP contribution in [0.15, 0.2) is 0 Å². The monoisotopic (exact) mass is 199 g/mol. The molecule has 0 amide bonds. The van der Waals surface area contributed by atoms with Gasteiger partial charge in [-0.3, -0.25) is 0 Å². The zero-order chi connectivity index (χ0) is 10.5. The Kier molecular flexibility index (Phi) is 5.32. The van der Waals surface area contributed by atoms with Gasteiger partial charge in [0, 0.05) is 6.04 Å². The molecule has 13 heavy (non-hydrogen) atoms. The molecular formula is C8H16F3NO. The summed E-state index contributed by atoms with van der Waals surface area (Å²) in [5.41, 5.74) is 5.51. The summed E-state index contributed by atoms with van der Waals surface area (Å²) in [7, 11) is 0. The highest BCUT2D eigenvalue weighted by Gasteiger charge is 2.27. The average molecular weight is 199 g/mol. The topological polar surface area (TPSA) is 35.2 Å². The second-order valence-corrected chi connectivity index (χ2v) is 3.52. The number of hydrogen-bond acceptors (Lipinski definition) is 2. The van der Waals surface area contributed by atoms with E-state index in [1.54, 1.807) is 0 Å². The highest BCUT2D eigenvalue weighted by atomic mass is 19.4. The van der Waals surface area contributed by atoms with Crippen molar-refractivity contribution in [2.75, 3.05) is 13.2 Å². The number of alkyl halides is 3. The summed E-state index contributed by atoms with van der Waals surface area (Å²) in [6.45, 7) is 2.68. The second-order valence-electron chi connectivity index (χ2n) is 3.52. The number of ether oxygens (including phenoxy) is 1. The van der Waals surface area contributed by atoms with E-state index in [0.717, 1.165) is 0 Å². The third-order valence-corrected chi connectivity index (χ3v) is 1.37. The standard InChI is InChI=1S/C8H16F3NO/c1-6(2)3-7(12)4-13-5-8(9,10)11/h6-7H,3-5,12H2,1-2H3. The zero-order valence-electron chi connectivity index (χ0n) is 7.90. The summed E-state index contributed by atoms with van der Waals surface area (Å²) in [4.78, 5) is 0. The molecule has 5 heteroatoms. The van der Waals surface area contributed by atoms with Crippen LogP contribution >= 0.6 is 0 Å². The van der Waals surface area contributed by atoms with Crippen LogP contribution in [-0.4, -0.2) is 25.4 Å². The number of hydrogen-bond donors (Lipinski definition) is 1. The van der Waals surface area contributed by atoms with E-state index >= 15 is 0 Å². The van der Waals surface area contributed by atoms with Crippen molar-refractivity contribution in [2.45, 2.75) is 32.5 Å². The molecule has 0 rings (SSSR count). The van der Waals surface area contributed by atoms with Crippen LogP contribution in [0.2, 0.25) is 0 Å². The second kappa shape index (κ2) is 5.44. The maximum absolute atomic E-state index is 11.6. The summed E-state index contributed by atoms with van der Waals surface area (Å²) in [6, 6.07) is -0.303. The Morgan fingerprint density at radius 1 is 1.31 bits per heavy atom. The lowest BCUT2D eigenvalue weighted by Crippen LogP contribution is -2.30. The molecule has 0 spiro atoms. The Morgan fingerprint density at radius 3 is 2.23 bits per heavy atom.